The van der Waals surface area contributed by atoms with Crippen LogP contribution in [0.1, 0.15) is 44.6 Å². The van der Waals surface area contributed by atoms with Crippen molar-refractivity contribution in [3.8, 4) is 0 Å². The molecular weight excluding hydrogens is 224 g/mol. The SMILES string of the molecule is CCCC1CCCN(c2cnccc2CO)CC1. The molecule has 0 amide bonds. The van der Waals surface area contributed by atoms with Crippen molar-refractivity contribution in [3.05, 3.63) is 24.0 Å². The highest BCUT2D eigenvalue weighted by molar-refractivity contribution is 5.51. The minimum absolute atomic E-state index is 0.104. The van der Waals surface area contributed by atoms with Crippen LogP contribution in [0.2, 0.25) is 0 Å². The van der Waals surface area contributed by atoms with Crippen LogP contribution in [-0.4, -0.2) is 23.2 Å². The zero-order valence-corrected chi connectivity index (χ0v) is 11.3. The quantitative estimate of drug-likeness (QED) is 0.890. The van der Waals surface area contributed by atoms with E-state index in [2.05, 4.69) is 16.8 Å². The van der Waals surface area contributed by atoms with E-state index in [4.69, 9.17) is 0 Å². The van der Waals surface area contributed by atoms with Gasteiger partial charge in [-0.25, -0.2) is 0 Å². The van der Waals surface area contributed by atoms with Gasteiger partial charge in [0.15, 0.2) is 0 Å². The lowest BCUT2D eigenvalue weighted by Gasteiger charge is -2.24. The summed E-state index contributed by atoms with van der Waals surface area (Å²) < 4.78 is 0. The molecule has 1 aromatic rings. The van der Waals surface area contributed by atoms with E-state index in [1.807, 2.05) is 12.3 Å². The summed E-state index contributed by atoms with van der Waals surface area (Å²) in [5.41, 5.74) is 2.12. The molecule has 1 atom stereocenters. The number of anilines is 1. The summed E-state index contributed by atoms with van der Waals surface area (Å²) in [6.45, 7) is 4.57. The van der Waals surface area contributed by atoms with Crippen LogP contribution in [0.15, 0.2) is 18.5 Å². The van der Waals surface area contributed by atoms with Crippen molar-refractivity contribution in [3.63, 3.8) is 0 Å². The molecular formula is C15H24N2O. The fourth-order valence-electron chi connectivity index (χ4n) is 2.94. The Kier molecular flexibility index (Phi) is 5.00. The Morgan fingerprint density at radius 2 is 2.28 bits per heavy atom. The Balaban J connectivity index is 2.05. The maximum Gasteiger partial charge on any atom is 0.0703 e. The standard InChI is InChI=1S/C15H24N2O/c1-2-4-13-5-3-9-17(10-7-13)15-11-16-8-6-14(15)12-18/h6,8,11,13,18H,2-5,7,9-10,12H2,1H3. The van der Waals surface area contributed by atoms with E-state index in [1.54, 1.807) is 6.20 Å². The summed E-state index contributed by atoms with van der Waals surface area (Å²) in [6, 6.07) is 1.92. The first kappa shape index (κ1) is 13.3. The van der Waals surface area contributed by atoms with Gasteiger partial charge in [0.2, 0.25) is 0 Å². The summed E-state index contributed by atoms with van der Waals surface area (Å²) in [6.07, 6.45) is 10.2. The molecule has 2 rings (SSSR count). The molecule has 100 valence electrons. The molecule has 0 saturated carbocycles. The van der Waals surface area contributed by atoms with Gasteiger partial charge in [-0.1, -0.05) is 19.8 Å². The zero-order valence-electron chi connectivity index (χ0n) is 11.3. The first-order chi connectivity index (χ1) is 8.85. The van der Waals surface area contributed by atoms with E-state index in [0.29, 0.717) is 0 Å². The predicted octanol–water partition coefficient (Wildman–Crippen LogP) is 2.98. The van der Waals surface area contributed by atoms with Crippen molar-refractivity contribution in [1.29, 1.82) is 0 Å². The highest BCUT2D eigenvalue weighted by Gasteiger charge is 2.18. The van der Waals surface area contributed by atoms with Crippen LogP contribution >= 0.6 is 0 Å². The molecule has 0 bridgehead atoms. The minimum Gasteiger partial charge on any atom is -0.392 e. The topological polar surface area (TPSA) is 36.4 Å². The molecule has 1 aromatic heterocycles. The molecule has 1 aliphatic heterocycles. The second-order valence-corrected chi connectivity index (χ2v) is 5.24. The van der Waals surface area contributed by atoms with E-state index in [-0.39, 0.29) is 6.61 Å². The monoisotopic (exact) mass is 248 g/mol. The molecule has 1 fully saturated rings. The Bertz CT molecular complexity index is 367. The van der Waals surface area contributed by atoms with Crippen LogP contribution < -0.4 is 4.90 Å². The van der Waals surface area contributed by atoms with Crippen molar-refractivity contribution in [1.82, 2.24) is 4.98 Å². The maximum absolute atomic E-state index is 9.40. The molecule has 1 N–H and O–H groups in total. The Morgan fingerprint density at radius 3 is 3.06 bits per heavy atom. The number of aliphatic hydroxyl groups excluding tert-OH is 1. The number of aromatic nitrogens is 1. The van der Waals surface area contributed by atoms with Crippen LogP contribution in [0.5, 0.6) is 0 Å². The molecule has 0 aromatic carbocycles. The van der Waals surface area contributed by atoms with E-state index in [0.717, 1.165) is 30.3 Å². The highest BCUT2D eigenvalue weighted by atomic mass is 16.3. The fourth-order valence-corrected chi connectivity index (χ4v) is 2.94. The third-order valence-corrected chi connectivity index (χ3v) is 3.94. The Morgan fingerprint density at radius 1 is 1.39 bits per heavy atom. The largest absolute Gasteiger partial charge is 0.392 e. The predicted molar refractivity (Wildman–Crippen MR) is 74.6 cm³/mol. The summed E-state index contributed by atoms with van der Waals surface area (Å²) in [4.78, 5) is 6.60. The average Bonchev–Trinajstić information content (AvgIpc) is 2.65. The normalized spacial score (nSPS) is 20.8. The number of nitrogens with zero attached hydrogens (tertiary/aromatic N) is 2. The second-order valence-electron chi connectivity index (χ2n) is 5.24. The van der Waals surface area contributed by atoms with Gasteiger partial charge >= 0.3 is 0 Å². The molecule has 3 nitrogen and oxygen atoms in total. The number of rotatable bonds is 4. The molecule has 1 unspecified atom stereocenters. The minimum atomic E-state index is 0.104. The van der Waals surface area contributed by atoms with Crippen LogP contribution in [-0.2, 0) is 6.61 Å². The first-order valence-electron chi connectivity index (χ1n) is 7.13. The van der Waals surface area contributed by atoms with E-state index in [9.17, 15) is 5.11 Å². The van der Waals surface area contributed by atoms with Gasteiger partial charge in [0.05, 0.1) is 18.5 Å². The van der Waals surface area contributed by atoms with E-state index < -0.39 is 0 Å². The first-order valence-corrected chi connectivity index (χ1v) is 7.13. The van der Waals surface area contributed by atoms with Gasteiger partial charge in [0.25, 0.3) is 0 Å². The van der Waals surface area contributed by atoms with Crippen molar-refractivity contribution in [2.45, 2.75) is 45.6 Å². The molecule has 2 heterocycles. The van der Waals surface area contributed by atoms with Gasteiger partial charge in [0, 0.05) is 24.8 Å². The molecule has 1 saturated heterocycles. The number of hydrogen-bond donors (Lipinski definition) is 1. The molecule has 1 aliphatic rings. The average molecular weight is 248 g/mol. The summed E-state index contributed by atoms with van der Waals surface area (Å²) >= 11 is 0. The third kappa shape index (κ3) is 3.22. The second kappa shape index (κ2) is 6.74. The summed E-state index contributed by atoms with van der Waals surface area (Å²) in [5.74, 6) is 0.884. The van der Waals surface area contributed by atoms with E-state index in [1.165, 1.54) is 32.1 Å². The summed E-state index contributed by atoms with van der Waals surface area (Å²) in [7, 11) is 0. The van der Waals surface area contributed by atoms with Gasteiger partial charge in [-0.05, 0) is 31.2 Å². The summed E-state index contributed by atoms with van der Waals surface area (Å²) in [5, 5.41) is 9.40. The van der Waals surface area contributed by atoms with Crippen LogP contribution in [0.25, 0.3) is 0 Å². The third-order valence-electron chi connectivity index (χ3n) is 3.94. The molecule has 3 heteroatoms. The van der Waals surface area contributed by atoms with Gasteiger partial charge < -0.3 is 10.0 Å². The van der Waals surface area contributed by atoms with Crippen molar-refractivity contribution < 1.29 is 5.11 Å². The lowest BCUT2D eigenvalue weighted by Crippen LogP contribution is -2.25. The lowest BCUT2D eigenvalue weighted by molar-refractivity contribution is 0.282. The highest BCUT2D eigenvalue weighted by Crippen LogP contribution is 2.27. The zero-order chi connectivity index (χ0) is 12.8. The van der Waals surface area contributed by atoms with Crippen LogP contribution in [0, 0.1) is 5.92 Å². The van der Waals surface area contributed by atoms with Gasteiger partial charge in [-0.3, -0.25) is 4.98 Å². The number of hydrogen-bond acceptors (Lipinski definition) is 3. The Hall–Kier alpha value is -1.09. The number of aliphatic hydroxyl groups is 1. The van der Waals surface area contributed by atoms with Crippen molar-refractivity contribution in [2.75, 3.05) is 18.0 Å². The molecule has 0 radical (unpaired) electrons. The van der Waals surface area contributed by atoms with Crippen LogP contribution in [0.4, 0.5) is 5.69 Å². The lowest BCUT2D eigenvalue weighted by atomic mass is 9.96. The van der Waals surface area contributed by atoms with Gasteiger partial charge in [-0.2, -0.15) is 0 Å². The van der Waals surface area contributed by atoms with Crippen molar-refractivity contribution >= 4 is 5.69 Å². The van der Waals surface area contributed by atoms with E-state index >= 15 is 0 Å². The number of pyridine rings is 1. The van der Waals surface area contributed by atoms with Crippen molar-refractivity contribution in [2.24, 2.45) is 5.92 Å². The van der Waals surface area contributed by atoms with Crippen LogP contribution in [0.3, 0.4) is 0 Å². The molecule has 18 heavy (non-hydrogen) atoms. The molecule has 0 aliphatic carbocycles. The maximum atomic E-state index is 9.40. The fraction of sp³-hybridized carbons (Fsp3) is 0.667. The van der Waals surface area contributed by atoms with Gasteiger partial charge in [-0.15, -0.1) is 0 Å². The molecule has 0 spiro atoms. The Labute approximate surface area is 110 Å². The van der Waals surface area contributed by atoms with Gasteiger partial charge in [0.1, 0.15) is 0 Å². The smallest absolute Gasteiger partial charge is 0.0703 e.